The summed E-state index contributed by atoms with van der Waals surface area (Å²) in [4.78, 5) is 21.0. The average Bonchev–Trinajstić information content (AvgIpc) is 1.58. The number of Topliss-reactive ketones (excluding diaryl/α,β-unsaturated/α-hetero) is 1. The number of hydrogen-bond donors (Lipinski definition) is 1. The molecule has 1 amide bonds. The first-order chi connectivity index (χ1) is 4.52. The molecule has 0 radical (unpaired) electrons. The predicted molar refractivity (Wildman–Crippen MR) is 41.7 cm³/mol. The van der Waals surface area contributed by atoms with Gasteiger partial charge in [-0.1, -0.05) is 12.2 Å². The lowest BCUT2D eigenvalue weighted by atomic mass is 10.3. The van der Waals surface area contributed by atoms with Gasteiger partial charge in [0.2, 0.25) is 5.91 Å². The van der Waals surface area contributed by atoms with Crippen LogP contribution in [0.25, 0.3) is 0 Å². The van der Waals surface area contributed by atoms with Crippen molar-refractivity contribution < 1.29 is 9.59 Å². The van der Waals surface area contributed by atoms with E-state index in [0.717, 1.165) is 0 Å². The molecule has 1 N–H and O–H groups in total. The van der Waals surface area contributed by atoms with Crippen LogP contribution in [0.5, 0.6) is 0 Å². The zero-order valence-corrected chi connectivity index (χ0v) is 6.75. The molecule has 0 rings (SSSR count). The van der Waals surface area contributed by atoms with Crippen molar-refractivity contribution in [2.24, 2.45) is 0 Å². The molecule has 0 fully saturated rings. The molecule has 0 aliphatic heterocycles. The van der Waals surface area contributed by atoms with Crippen LogP contribution >= 0.6 is 12.2 Å². The summed E-state index contributed by atoms with van der Waals surface area (Å²) in [5.41, 5.74) is 0. The maximum absolute atomic E-state index is 10.4. The Morgan fingerprint density at radius 2 is 1.90 bits per heavy atom. The molecule has 56 valence electrons. The highest BCUT2D eigenvalue weighted by molar-refractivity contribution is 7.80. The molecular weight excluding hydrogens is 150 g/mol. The fourth-order valence-corrected chi connectivity index (χ4v) is 0.814. The second-order valence-electron chi connectivity index (χ2n) is 1.98. The normalized spacial score (nSPS) is 8.60. The number of nitrogens with one attached hydrogen (secondary N) is 1. The standard InChI is InChI=1S/C6H9NO2S/c1-4(8)3-6(10)7-5(2)9/h3H2,1-2H3,(H,7,9,10). The van der Waals surface area contributed by atoms with Crippen molar-refractivity contribution in [3.05, 3.63) is 0 Å². The quantitative estimate of drug-likeness (QED) is 0.594. The lowest BCUT2D eigenvalue weighted by Crippen LogP contribution is -2.27. The minimum atomic E-state index is -0.230. The lowest BCUT2D eigenvalue weighted by Gasteiger charge is -1.99. The maximum atomic E-state index is 10.4. The van der Waals surface area contributed by atoms with Crippen molar-refractivity contribution in [2.45, 2.75) is 20.3 Å². The summed E-state index contributed by atoms with van der Waals surface area (Å²) < 4.78 is 0. The third-order valence-electron chi connectivity index (χ3n) is 0.725. The van der Waals surface area contributed by atoms with E-state index in [1.54, 1.807) is 0 Å². The molecule has 0 aromatic carbocycles. The molecule has 0 spiro atoms. The largest absolute Gasteiger partial charge is 0.320 e. The van der Waals surface area contributed by atoms with E-state index in [-0.39, 0.29) is 18.1 Å². The molecule has 0 aromatic rings. The minimum absolute atomic E-state index is 0.0428. The van der Waals surface area contributed by atoms with Crippen LogP contribution in [0.3, 0.4) is 0 Å². The monoisotopic (exact) mass is 159 g/mol. The summed E-state index contributed by atoms with van der Waals surface area (Å²) >= 11 is 4.65. The third-order valence-corrected chi connectivity index (χ3v) is 0.971. The predicted octanol–water partition coefficient (Wildman–Crippen LogP) is 0.429. The number of carbonyl (C=O) groups is 2. The fourth-order valence-electron chi connectivity index (χ4n) is 0.467. The lowest BCUT2D eigenvalue weighted by molar-refractivity contribution is -0.117. The molecule has 4 heteroatoms. The van der Waals surface area contributed by atoms with Crippen molar-refractivity contribution in [1.82, 2.24) is 5.32 Å². The van der Waals surface area contributed by atoms with Crippen molar-refractivity contribution in [1.29, 1.82) is 0 Å². The van der Waals surface area contributed by atoms with Gasteiger partial charge in [0.25, 0.3) is 0 Å². The third kappa shape index (κ3) is 5.37. The van der Waals surface area contributed by atoms with E-state index in [1.165, 1.54) is 13.8 Å². The van der Waals surface area contributed by atoms with Crippen LogP contribution < -0.4 is 5.32 Å². The van der Waals surface area contributed by atoms with E-state index in [1.807, 2.05) is 0 Å². The molecule has 10 heavy (non-hydrogen) atoms. The van der Waals surface area contributed by atoms with Crippen LogP contribution in [0.2, 0.25) is 0 Å². The number of rotatable bonds is 2. The molecule has 0 heterocycles. The van der Waals surface area contributed by atoms with Crippen LogP contribution in [0, 0.1) is 0 Å². The van der Waals surface area contributed by atoms with Gasteiger partial charge in [0.15, 0.2) is 0 Å². The molecule has 0 unspecified atom stereocenters. The van der Waals surface area contributed by atoms with E-state index in [0.29, 0.717) is 4.99 Å². The summed E-state index contributed by atoms with van der Waals surface area (Å²) in [7, 11) is 0. The number of hydrogen-bond acceptors (Lipinski definition) is 3. The van der Waals surface area contributed by atoms with Crippen molar-refractivity contribution in [3.8, 4) is 0 Å². The number of thiocarbonyl (C=S) groups is 1. The smallest absolute Gasteiger partial charge is 0.221 e. The Hall–Kier alpha value is -0.770. The Balaban J connectivity index is 3.65. The van der Waals surface area contributed by atoms with Crippen molar-refractivity contribution >= 4 is 28.9 Å². The van der Waals surface area contributed by atoms with E-state index in [9.17, 15) is 9.59 Å². The molecule has 0 aliphatic rings. The molecule has 0 saturated heterocycles. The average molecular weight is 159 g/mol. The van der Waals surface area contributed by atoms with Gasteiger partial charge in [-0.3, -0.25) is 9.59 Å². The summed E-state index contributed by atoms with van der Waals surface area (Å²) in [5.74, 6) is -0.273. The van der Waals surface area contributed by atoms with Crippen molar-refractivity contribution in [3.63, 3.8) is 0 Å². The Bertz CT molecular complexity index is 159. The van der Waals surface area contributed by atoms with Gasteiger partial charge in [-0.2, -0.15) is 0 Å². The Kier molecular flexibility index (Phi) is 3.79. The SMILES string of the molecule is CC(=O)CC(=S)NC(C)=O. The first-order valence-corrected chi connectivity index (χ1v) is 3.23. The number of carbonyl (C=O) groups excluding carboxylic acids is 2. The van der Waals surface area contributed by atoms with Gasteiger partial charge in [0, 0.05) is 6.92 Å². The Morgan fingerprint density at radius 1 is 1.40 bits per heavy atom. The summed E-state index contributed by atoms with van der Waals surface area (Å²) in [6.07, 6.45) is 0.148. The highest BCUT2D eigenvalue weighted by Crippen LogP contribution is 1.84. The highest BCUT2D eigenvalue weighted by Gasteiger charge is 2.00. The topological polar surface area (TPSA) is 46.2 Å². The van der Waals surface area contributed by atoms with E-state index >= 15 is 0 Å². The first-order valence-electron chi connectivity index (χ1n) is 2.82. The Morgan fingerprint density at radius 3 is 2.20 bits per heavy atom. The van der Waals surface area contributed by atoms with Crippen LogP contribution in [0.1, 0.15) is 20.3 Å². The van der Waals surface area contributed by atoms with E-state index < -0.39 is 0 Å². The highest BCUT2D eigenvalue weighted by atomic mass is 32.1. The van der Waals surface area contributed by atoms with Crippen LogP contribution in [-0.4, -0.2) is 16.7 Å². The second-order valence-corrected chi connectivity index (χ2v) is 2.48. The summed E-state index contributed by atoms with van der Waals surface area (Å²) in [5, 5.41) is 2.35. The van der Waals surface area contributed by atoms with Gasteiger partial charge >= 0.3 is 0 Å². The maximum Gasteiger partial charge on any atom is 0.221 e. The molecule has 0 aromatic heterocycles. The van der Waals surface area contributed by atoms with Gasteiger partial charge in [-0.25, -0.2) is 0 Å². The molecule has 0 bridgehead atoms. The number of amides is 1. The Labute approximate surface area is 64.8 Å². The molecule has 0 atom stereocenters. The van der Waals surface area contributed by atoms with Gasteiger partial charge in [0.05, 0.1) is 11.4 Å². The fraction of sp³-hybridized carbons (Fsp3) is 0.500. The zero-order valence-electron chi connectivity index (χ0n) is 5.93. The second kappa shape index (κ2) is 4.11. The number of ketones is 1. The van der Waals surface area contributed by atoms with Crippen LogP contribution in [0.15, 0.2) is 0 Å². The summed E-state index contributed by atoms with van der Waals surface area (Å²) in [6.45, 7) is 2.78. The van der Waals surface area contributed by atoms with Gasteiger partial charge < -0.3 is 5.32 Å². The van der Waals surface area contributed by atoms with Crippen LogP contribution in [-0.2, 0) is 9.59 Å². The molecule has 0 saturated carbocycles. The van der Waals surface area contributed by atoms with Crippen molar-refractivity contribution in [2.75, 3.05) is 0 Å². The van der Waals surface area contributed by atoms with E-state index in [4.69, 9.17) is 0 Å². The van der Waals surface area contributed by atoms with Gasteiger partial charge in [-0.15, -0.1) is 0 Å². The van der Waals surface area contributed by atoms with Crippen LogP contribution in [0.4, 0.5) is 0 Å². The summed E-state index contributed by atoms with van der Waals surface area (Å²) in [6, 6.07) is 0. The zero-order chi connectivity index (χ0) is 8.15. The minimum Gasteiger partial charge on any atom is -0.320 e. The van der Waals surface area contributed by atoms with Gasteiger partial charge in [0.1, 0.15) is 5.78 Å². The van der Waals surface area contributed by atoms with Gasteiger partial charge in [-0.05, 0) is 6.92 Å². The molecule has 3 nitrogen and oxygen atoms in total. The van der Waals surface area contributed by atoms with E-state index in [2.05, 4.69) is 17.5 Å². The first kappa shape index (κ1) is 9.23. The molecule has 0 aliphatic carbocycles. The molecular formula is C6H9NO2S.